The molecule has 0 unspecified atom stereocenters. The van der Waals surface area contributed by atoms with Crippen LogP contribution in [0.5, 0.6) is 0 Å². The quantitative estimate of drug-likeness (QED) is 0.812. The molecular formula is C14H11BrClN3. The third-order valence-corrected chi connectivity index (χ3v) is 3.83. The Balaban J connectivity index is 2.25. The molecule has 0 aliphatic rings. The lowest BCUT2D eigenvalue weighted by atomic mass is 10.1. The molecule has 2 aromatic carbocycles. The molecule has 3 nitrogen and oxygen atoms in total. The van der Waals surface area contributed by atoms with Crippen molar-refractivity contribution in [2.24, 2.45) is 0 Å². The molecule has 0 atom stereocenters. The van der Waals surface area contributed by atoms with Gasteiger partial charge in [-0.25, -0.2) is 0 Å². The lowest BCUT2D eigenvalue weighted by Crippen LogP contribution is -1.96. The van der Waals surface area contributed by atoms with Crippen molar-refractivity contribution in [3.8, 4) is 6.07 Å². The highest BCUT2D eigenvalue weighted by molar-refractivity contribution is 9.10. The first kappa shape index (κ1) is 13.7. The standard InChI is InChI=1S/C14H11BrClN3/c15-12-8-11(1-3-13(12)16)19-10-2-4-14(18)9(7-10)5-6-17/h1-4,7-8,19H,5,18H2. The number of nitrogens with zero attached hydrogens (tertiary/aromatic N) is 1. The van der Waals surface area contributed by atoms with Crippen LogP contribution in [0.4, 0.5) is 17.1 Å². The van der Waals surface area contributed by atoms with E-state index in [2.05, 4.69) is 27.3 Å². The van der Waals surface area contributed by atoms with E-state index < -0.39 is 0 Å². The van der Waals surface area contributed by atoms with E-state index in [-0.39, 0.29) is 0 Å². The molecule has 96 valence electrons. The monoisotopic (exact) mass is 335 g/mol. The fourth-order valence-corrected chi connectivity index (χ4v) is 2.16. The van der Waals surface area contributed by atoms with E-state index >= 15 is 0 Å². The average molecular weight is 337 g/mol. The third-order valence-electron chi connectivity index (χ3n) is 2.62. The molecule has 0 bridgehead atoms. The summed E-state index contributed by atoms with van der Waals surface area (Å²) in [5.74, 6) is 0. The number of nitrogens with two attached hydrogens (primary N) is 1. The Kier molecular flexibility index (Phi) is 4.31. The Morgan fingerprint density at radius 2 is 1.89 bits per heavy atom. The largest absolute Gasteiger partial charge is 0.398 e. The van der Waals surface area contributed by atoms with Crippen LogP contribution >= 0.6 is 27.5 Å². The minimum Gasteiger partial charge on any atom is -0.398 e. The molecule has 0 heterocycles. The van der Waals surface area contributed by atoms with Crippen molar-refractivity contribution >= 4 is 44.6 Å². The van der Waals surface area contributed by atoms with Gasteiger partial charge in [0.15, 0.2) is 0 Å². The van der Waals surface area contributed by atoms with Crippen LogP contribution in [0.25, 0.3) is 0 Å². The van der Waals surface area contributed by atoms with Gasteiger partial charge in [0.1, 0.15) is 0 Å². The number of anilines is 3. The van der Waals surface area contributed by atoms with Crippen LogP contribution < -0.4 is 11.1 Å². The van der Waals surface area contributed by atoms with Crippen molar-refractivity contribution in [2.75, 3.05) is 11.1 Å². The summed E-state index contributed by atoms with van der Waals surface area (Å²) in [6.07, 6.45) is 0.297. The minimum absolute atomic E-state index is 0.297. The summed E-state index contributed by atoms with van der Waals surface area (Å²) in [6, 6.07) is 13.2. The lowest BCUT2D eigenvalue weighted by molar-refractivity contribution is 1.27. The molecule has 0 aliphatic heterocycles. The number of halogens is 2. The molecule has 2 aromatic rings. The molecule has 0 fully saturated rings. The normalized spacial score (nSPS) is 9.95. The number of benzene rings is 2. The second-order valence-electron chi connectivity index (χ2n) is 4.00. The predicted octanol–water partition coefficient (Wildman–Crippen LogP) is 4.49. The van der Waals surface area contributed by atoms with E-state index in [0.717, 1.165) is 21.4 Å². The molecule has 0 saturated heterocycles. The first-order valence-electron chi connectivity index (χ1n) is 5.57. The number of hydrogen-bond donors (Lipinski definition) is 2. The van der Waals surface area contributed by atoms with Crippen LogP contribution in [0.2, 0.25) is 5.02 Å². The van der Waals surface area contributed by atoms with Gasteiger partial charge in [0.2, 0.25) is 0 Å². The van der Waals surface area contributed by atoms with Gasteiger partial charge in [0, 0.05) is 21.5 Å². The molecule has 19 heavy (non-hydrogen) atoms. The number of rotatable bonds is 3. The summed E-state index contributed by atoms with van der Waals surface area (Å²) >= 11 is 9.32. The van der Waals surface area contributed by atoms with Crippen molar-refractivity contribution in [3.63, 3.8) is 0 Å². The van der Waals surface area contributed by atoms with E-state index in [4.69, 9.17) is 22.6 Å². The molecule has 2 rings (SSSR count). The molecule has 0 aliphatic carbocycles. The smallest absolute Gasteiger partial charge is 0.0670 e. The Hall–Kier alpha value is -1.70. The van der Waals surface area contributed by atoms with Crippen LogP contribution in [-0.4, -0.2) is 0 Å². The Labute approximate surface area is 125 Å². The summed E-state index contributed by atoms with van der Waals surface area (Å²) in [5.41, 5.74) is 9.05. The molecule has 5 heteroatoms. The van der Waals surface area contributed by atoms with E-state index in [1.807, 2.05) is 30.3 Å². The van der Waals surface area contributed by atoms with Gasteiger partial charge in [0.05, 0.1) is 17.5 Å². The zero-order chi connectivity index (χ0) is 13.8. The molecule has 0 saturated carbocycles. The molecule has 0 spiro atoms. The van der Waals surface area contributed by atoms with Crippen molar-refractivity contribution < 1.29 is 0 Å². The van der Waals surface area contributed by atoms with Crippen LogP contribution in [0.3, 0.4) is 0 Å². The summed E-state index contributed by atoms with van der Waals surface area (Å²) in [6.45, 7) is 0. The zero-order valence-electron chi connectivity index (χ0n) is 9.95. The van der Waals surface area contributed by atoms with Crippen LogP contribution in [0.15, 0.2) is 40.9 Å². The Morgan fingerprint density at radius 1 is 1.21 bits per heavy atom. The summed E-state index contributed by atoms with van der Waals surface area (Å²) in [5, 5.41) is 12.6. The van der Waals surface area contributed by atoms with Crippen molar-refractivity contribution in [3.05, 3.63) is 51.5 Å². The van der Waals surface area contributed by atoms with Gasteiger partial charge in [-0.05, 0) is 57.9 Å². The fourth-order valence-electron chi connectivity index (χ4n) is 1.66. The SMILES string of the molecule is N#CCc1cc(Nc2ccc(Cl)c(Br)c2)ccc1N. The van der Waals surface area contributed by atoms with Crippen molar-refractivity contribution in [1.82, 2.24) is 0 Å². The van der Waals surface area contributed by atoms with Gasteiger partial charge in [-0.1, -0.05) is 11.6 Å². The van der Waals surface area contributed by atoms with Crippen molar-refractivity contribution in [2.45, 2.75) is 6.42 Å². The lowest BCUT2D eigenvalue weighted by Gasteiger charge is -2.10. The molecular weight excluding hydrogens is 326 g/mol. The number of nitrogen functional groups attached to an aromatic ring is 1. The van der Waals surface area contributed by atoms with Gasteiger partial charge in [-0.2, -0.15) is 5.26 Å². The molecule has 0 radical (unpaired) electrons. The number of hydrogen-bond acceptors (Lipinski definition) is 3. The zero-order valence-corrected chi connectivity index (χ0v) is 12.3. The summed E-state index contributed by atoms with van der Waals surface area (Å²) < 4.78 is 0.826. The molecule has 0 aromatic heterocycles. The first-order valence-corrected chi connectivity index (χ1v) is 6.74. The molecule has 0 amide bonds. The predicted molar refractivity (Wildman–Crippen MR) is 82.6 cm³/mol. The number of nitrogens with one attached hydrogen (secondary N) is 1. The van der Waals surface area contributed by atoms with Gasteiger partial charge < -0.3 is 11.1 Å². The second kappa shape index (κ2) is 5.96. The first-order chi connectivity index (χ1) is 9.10. The van der Waals surface area contributed by atoms with Gasteiger partial charge in [-0.15, -0.1) is 0 Å². The van der Waals surface area contributed by atoms with E-state index in [1.54, 1.807) is 6.07 Å². The Morgan fingerprint density at radius 3 is 2.58 bits per heavy atom. The summed E-state index contributed by atoms with van der Waals surface area (Å²) in [7, 11) is 0. The number of nitriles is 1. The Bertz CT molecular complexity index is 650. The maximum Gasteiger partial charge on any atom is 0.0670 e. The van der Waals surface area contributed by atoms with Crippen LogP contribution in [-0.2, 0) is 6.42 Å². The third kappa shape index (κ3) is 3.40. The highest BCUT2D eigenvalue weighted by Gasteiger charge is 2.03. The topological polar surface area (TPSA) is 61.8 Å². The second-order valence-corrected chi connectivity index (χ2v) is 5.26. The maximum absolute atomic E-state index is 8.74. The highest BCUT2D eigenvalue weighted by Crippen LogP contribution is 2.28. The summed E-state index contributed by atoms with van der Waals surface area (Å²) in [4.78, 5) is 0. The van der Waals surface area contributed by atoms with Crippen molar-refractivity contribution in [1.29, 1.82) is 5.26 Å². The van der Waals surface area contributed by atoms with Gasteiger partial charge in [0.25, 0.3) is 0 Å². The fraction of sp³-hybridized carbons (Fsp3) is 0.0714. The minimum atomic E-state index is 0.297. The van der Waals surface area contributed by atoms with Gasteiger partial charge in [-0.3, -0.25) is 0 Å². The van der Waals surface area contributed by atoms with E-state index in [1.165, 1.54) is 0 Å². The van der Waals surface area contributed by atoms with E-state index in [0.29, 0.717) is 17.1 Å². The van der Waals surface area contributed by atoms with Gasteiger partial charge >= 0.3 is 0 Å². The average Bonchev–Trinajstić information content (AvgIpc) is 2.38. The van der Waals surface area contributed by atoms with Crippen LogP contribution in [0, 0.1) is 11.3 Å². The maximum atomic E-state index is 8.74. The molecule has 3 N–H and O–H groups in total. The van der Waals surface area contributed by atoms with E-state index in [9.17, 15) is 0 Å². The highest BCUT2D eigenvalue weighted by atomic mass is 79.9. The van der Waals surface area contributed by atoms with Crippen LogP contribution in [0.1, 0.15) is 5.56 Å².